The maximum Gasteiger partial charge on any atom is 0.0540 e. The molecule has 11 aromatic rings. The lowest BCUT2D eigenvalue weighted by Crippen LogP contribution is -2.10. The minimum atomic E-state index is 1.11. The van der Waals surface area contributed by atoms with Crippen LogP contribution in [0.25, 0.3) is 85.9 Å². The highest BCUT2D eigenvalue weighted by molar-refractivity contribution is 7.25. The van der Waals surface area contributed by atoms with Gasteiger partial charge in [0.15, 0.2) is 0 Å². The van der Waals surface area contributed by atoms with Gasteiger partial charge in [-0.15, -0.1) is 11.3 Å². The van der Waals surface area contributed by atoms with Gasteiger partial charge in [-0.3, -0.25) is 0 Å². The summed E-state index contributed by atoms with van der Waals surface area (Å²) in [4.78, 5) is 2.41. The topological polar surface area (TPSA) is 3.24 Å². The summed E-state index contributed by atoms with van der Waals surface area (Å²) >= 11 is 1.88. The van der Waals surface area contributed by atoms with Crippen molar-refractivity contribution in [1.29, 1.82) is 0 Å². The molecule has 0 amide bonds. The third kappa shape index (κ3) is 5.54. The van der Waals surface area contributed by atoms with Crippen LogP contribution in [0.3, 0.4) is 0 Å². The monoisotopic (exact) mass is 729 g/mol. The van der Waals surface area contributed by atoms with Crippen molar-refractivity contribution in [2.75, 3.05) is 4.90 Å². The van der Waals surface area contributed by atoms with Crippen LogP contribution in [0.4, 0.5) is 17.1 Å². The maximum atomic E-state index is 2.42. The molecule has 0 aliphatic heterocycles. The van der Waals surface area contributed by atoms with Crippen molar-refractivity contribution < 1.29 is 0 Å². The first-order valence-corrected chi connectivity index (χ1v) is 20.0. The minimum absolute atomic E-state index is 1.11. The summed E-state index contributed by atoms with van der Waals surface area (Å²) in [5, 5.41) is 10.1. The quantitative estimate of drug-likeness (QED) is 0.165. The molecule has 0 bridgehead atoms. The number of benzene rings is 10. The smallest absolute Gasteiger partial charge is 0.0540 e. The predicted molar refractivity (Wildman–Crippen MR) is 243 cm³/mol. The van der Waals surface area contributed by atoms with Crippen molar-refractivity contribution in [3.8, 4) is 33.4 Å². The zero-order valence-corrected chi connectivity index (χ0v) is 31.4. The Bertz CT molecular complexity index is 3230. The highest BCUT2D eigenvalue weighted by atomic mass is 32.1. The molecule has 10 aromatic carbocycles. The van der Waals surface area contributed by atoms with E-state index in [0.29, 0.717) is 0 Å². The molecule has 0 N–H and O–H groups in total. The van der Waals surface area contributed by atoms with Gasteiger partial charge in [0.2, 0.25) is 0 Å². The Labute approximate surface area is 330 Å². The Morgan fingerprint density at radius 1 is 0.286 bits per heavy atom. The second kappa shape index (κ2) is 13.4. The lowest BCUT2D eigenvalue weighted by Gasteiger charge is -2.28. The van der Waals surface area contributed by atoms with E-state index in [1.54, 1.807) is 0 Å². The molecule has 262 valence electrons. The Balaban J connectivity index is 1.07. The van der Waals surface area contributed by atoms with Crippen LogP contribution in [0.1, 0.15) is 0 Å². The molecule has 56 heavy (non-hydrogen) atoms. The minimum Gasteiger partial charge on any atom is -0.310 e. The summed E-state index contributed by atoms with van der Waals surface area (Å²) in [7, 11) is 0. The molecule has 11 rings (SSSR count). The third-order valence-electron chi connectivity index (χ3n) is 11.3. The summed E-state index contributed by atoms with van der Waals surface area (Å²) in [6, 6.07) is 77.8. The highest BCUT2D eigenvalue weighted by Crippen LogP contribution is 2.45. The predicted octanol–water partition coefficient (Wildman–Crippen LogP) is 16.0. The lowest BCUT2D eigenvalue weighted by atomic mass is 9.92. The fraction of sp³-hybridized carbons (Fsp3) is 0. The van der Waals surface area contributed by atoms with Crippen LogP contribution in [-0.4, -0.2) is 0 Å². The van der Waals surface area contributed by atoms with Gasteiger partial charge in [-0.05, 0) is 115 Å². The molecule has 0 radical (unpaired) electrons. The van der Waals surface area contributed by atoms with Gasteiger partial charge in [-0.25, -0.2) is 0 Å². The van der Waals surface area contributed by atoms with Crippen LogP contribution in [-0.2, 0) is 0 Å². The first-order valence-electron chi connectivity index (χ1n) is 19.2. The maximum absolute atomic E-state index is 2.42. The molecule has 0 aliphatic rings. The van der Waals surface area contributed by atoms with Gasteiger partial charge in [-0.1, -0.05) is 158 Å². The average Bonchev–Trinajstić information content (AvgIpc) is 3.63. The van der Waals surface area contributed by atoms with Crippen molar-refractivity contribution in [1.82, 2.24) is 0 Å². The Morgan fingerprint density at radius 3 is 1.66 bits per heavy atom. The number of fused-ring (bicyclic) bond motifs is 6. The third-order valence-corrected chi connectivity index (χ3v) is 12.4. The first kappa shape index (κ1) is 32.4. The molecule has 0 saturated carbocycles. The van der Waals surface area contributed by atoms with E-state index in [4.69, 9.17) is 0 Å². The fourth-order valence-corrected chi connectivity index (χ4v) is 9.61. The van der Waals surface area contributed by atoms with Crippen LogP contribution in [0, 0.1) is 0 Å². The molecule has 0 unspecified atom stereocenters. The van der Waals surface area contributed by atoms with Crippen LogP contribution in [0.5, 0.6) is 0 Å². The molecule has 0 aliphatic carbocycles. The van der Waals surface area contributed by atoms with Crippen molar-refractivity contribution in [3.63, 3.8) is 0 Å². The number of rotatable bonds is 6. The van der Waals surface area contributed by atoms with Crippen molar-refractivity contribution in [2.45, 2.75) is 0 Å². The highest BCUT2D eigenvalue weighted by Gasteiger charge is 2.19. The van der Waals surface area contributed by atoms with Gasteiger partial charge in [0.25, 0.3) is 0 Å². The van der Waals surface area contributed by atoms with Gasteiger partial charge in [0.1, 0.15) is 0 Å². The molecule has 1 aromatic heterocycles. The van der Waals surface area contributed by atoms with Crippen LogP contribution in [0.2, 0.25) is 0 Å². The number of hydrogen-bond donors (Lipinski definition) is 0. The van der Waals surface area contributed by atoms with E-state index in [0.717, 1.165) is 17.1 Å². The van der Waals surface area contributed by atoms with Crippen molar-refractivity contribution >= 4 is 80.9 Å². The van der Waals surface area contributed by atoms with Crippen LogP contribution in [0.15, 0.2) is 212 Å². The molecule has 0 atom stereocenters. The van der Waals surface area contributed by atoms with E-state index in [9.17, 15) is 0 Å². The second-order valence-electron chi connectivity index (χ2n) is 14.5. The normalized spacial score (nSPS) is 11.6. The van der Waals surface area contributed by atoms with Gasteiger partial charge in [0, 0.05) is 36.9 Å². The van der Waals surface area contributed by atoms with Gasteiger partial charge < -0.3 is 4.90 Å². The molecule has 2 heteroatoms. The summed E-state index contributed by atoms with van der Waals surface area (Å²) in [5.41, 5.74) is 10.7. The molecule has 0 fully saturated rings. The Kier molecular flexibility index (Phi) is 7.75. The molecule has 0 saturated heterocycles. The molecular formula is C54H35NS. The number of thiophene rings is 1. The summed E-state index contributed by atoms with van der Waals surface area (Å²) < 4.78 is 2.66. The number of hydrogen-bond acceptors (Lipinski definition) is 2. The van der Waals surface area contributed by atoms with Crippen LogP contribution >= 0.6 is 11.3 Å². The zero-order chi connectivity index (χ0) is 37.0. The Morgan fingerprint density at radius 2 is 0.875 bits per heavy atom. The van der Waals surface area contributed by atoms with Crippen molar-refractivity contribution in [3.05, 3.63) is 212 Å². The van der Waals surface area contributed by atoms with Gasteiger partial charge >= 0.3 is 0 Å². The largest absolute Gasteiger partial charge is 0.310 e. The van der Waals surface area contributed by atoms with E-state index in [2.05, 4.69) is 217 Å². The molecule has 1 heterocycles. The van der Waals surface area contributed by atoms with E-state index in [1.165, 1.54) is 85.9 Å². The SMILES string of the molecule is c1ccc(-c2ccc(N(c3ccc(-c4ccc5ccccc5c4)cc3)c3ccc(-c4cccc5cc6sc7ccccc7c6cc45)c4ccccc34)cc2)cc1. The summed E-state index contributed by atoms with van der Waals surface area (Å²) in [6.07, 6.45) is 0. The second-order valence-corrected chi connectivity index (χ2v) is 15.6. The van der Waals surface area contributed by atoms with Gasteiger partial charge in [0.05, 0.1) is 5.69 Å². The molecular weight excluding hydrogens is 695 g/mol. The lowest BCUT2D eigenvalue weighted by molar-refractivity contribution is 1.30. The Hall–Kier alpha value is -7.00. The van der Waals surface area contributed by atoms with E-state index in [1.807, 2.05) is 11.3 Å². The number of anilines is 3. The summed E-state index contributed by atoms with van der Waals surface area (Å²) in [5.74, 6) is 0. The van der Waals surface area contributed by atoms with Gasteiger partial charge in [-0.2, -0.15) is 0 Å². The fourth-order valence-electron chi connectivity index (χ4n) is 8.48. The van der Waals surface area contributed by atoms with E-state index in [-0.39, 0.29) is 0 Å². The molecule has 0 spiro atoms. The standard InChI is InChI=1S/C54H35NS/c1-2-11-36(12-3-1)38-23-27-43(28-24-38)55(44-29-25-39(26-30-44)41-22-21-37-13-4-5-14-40(37)33-41)52-32-31-47(45-16-6-7-17-48(45)52)46-19-10-15-42-34-54-51(35-50(42)46)49-18-8-9-20-53(49)56-54/h1-35H. The van der Waals surface area contributed by atoms with Crippen LogP contribution < -0.4 is 4.90 Å². The summed E-state index contributed by atoms with van der Waals surface area (Å²) in [6.45, 7) is 0. The first-order chi connectivity index (χ1) is 27.7. The van der Waals surface area contributed by atoms with Crippen molar-refractivity contribution in [2.24, 2.45) is 0 Å². The number of nitrogens with zero attached hydrogens (tertiary/aromatic N) is 1. The average molecular weight is 730 g/mol. The van der Waals surface area contributed by atoms with E-state index >= 15 is 0 Å². The molecule has 1 nitrogen and oxygen atoms in total. The zero-order valence-electron chi connectivity index (χ0n) is 30.6. The van der Waals surface area contributed by atoms with E-state index < -0.39 is 0 Å².